The molecular formula is C12H14F2N2O3S. The maximum atomic E-state index is 13.0. The molecule has 0 unspecified atom stereocenters. The lowest BCUT2D eigenvalue weighted by molar-refractivity contribution is -0.116. The average Bonchev–Trinajstić information content (AvgIpc) is 2.36. The highest BCUT2D eigenvalue weighted by Crippen LogP contribution is 2.15. The Kier molecular flexibility index (Phi) is 4.34. The van der Waals surface area contributed by atoms with Gasteiger partial charge in [-0.05, 0) is 25.0 Å². The number of nitrogens with one attached hydrogen (secondary N) is 1. The van der Waals surface area contributed by atoms with Crippen LogP contribution in [-0.2, 0) is 14.8 Å². The first-order chi connectivity index (χ1) is 9.38. The average molecular weight is 304 g/mol. The summed E-state index contributed by atoms with van der Waals surface area (Å²) in [6, 6.07) is 2.95. The third-order valence-corrected chi connectivity index (χ3v) is 4.88. The molecule has 5 nitrogen and oxygen atoms in total. The van der Waals surface area contributed by atoms with E-state index in [1.807, 2.05) is 0 Å². The topological polar surface area (TPSA) is 66.5 Å². The molecule has 0 saturated carbocycles. The lowest BCUT2D eigenvalue weighted by Crippen LogP contribution is -2.42. The van der Waals surface area contributed by atoms with Crippen LogP contribution in [0.1, 0.15) is 12.8 Å². The number of carbonyl (C=O) groups excluding carboxylic acids is 1. The number of nitrogens with zero attached hydrogens (tertiary/aromatic N) is 1. The van der Waals surface area contributed by atoms with Crippen molar-refractivity contribution in [2.75, 3.05) is 24.2 Å². The minimum atomic E-state index is -3.39. The number of amides is 1. The van der Waals surface area contributed by atoms with Gasteiger partial charge in [-0.1, -0.05) is 0 Å². The van der Waals surface area contributed by atoms with Gasteiger partial charge in [0.05, 0.1) is 12.3 Å². The smallest absolute Gasteiger partial charge is 0.239 e. The van der Waals surface area contributed by atoms with Crippen molar-refractivity contribution >= 4 is 21.6 Å². The molecule has 1 amide bonds. The predicted molar refractivity (Wildman–Crippen MR) is 69.6 cm³/mol. The molecule has 1 aliphatic heterocycles. The number of hydrogen-bond donors (Lipinski definition) is 1. The van der Waals surface area contributed by atoms with Crippen molar-refractivity contribution in [2.24, 2.45) is 0 Å². The molecule has 0 radical (unpaired) electrons. The zero-order chi connectivity index (χ0) is 14.8. The Morgan fingerprint density at radius 1 is 1.25 bits per heavy atom. The molecule has 1 aromatic rings. The molecule has 0 aromatic heterocycles. The molecule has 1 heterocycles. The van der Waals surface area contributed by atoms with Crippen LogP contribution in [0.2, 0.25) is 0 Å². The molecular weight excluding hydrogens is 290 g/mol. The summed E-state index contributed by atoms with van der Waals surface area (Å²) in [5.41, 5.74) is 0.0864. The molecule has 1 N–H and O–H groups in total. The van der Waals surface area contributed by atoms with E-state index in [1.54, 1.807) is 0 Å². The highest BCUT2D eigenvalue weighted by Gasteiger charge is 2.27. The fourth-order valence-electron chi connectivity index (χ4n) is 1.95. The Hall–Kier alpha value is -1.54. The van der Waals surface area contributed by atoms with Crippen LogP contribution in [0.25, 0.3) is 0 Å². The van der Waals surface area contributed by atoms with E-state index in [9.17, 15) is 22.0 Å². The van der Waals surface area contributed by atoms with Crippen LogP contribution in [0.15, 0.2) is 18.2 Å². The van der Waals surface area contributed by atoms with Gasteiger partial charge in [-0.25, -0.2) is 17.2 Å². The molecule has 0 aliphatic carbocycles. The maximum Gasteiger partial charge on any atom is 0.239 e. The van der Waals surface area contributed by atoms with Crippen molar-refractivity contribution < 1.29 is 22.0 Å². The van der Waals surface area contributed by atoms with E-state index in [-0.39, 0.29) is 18.0 Å². The first-order valence-corrected chi connectivity index (χ1v) is 7.72. The summed E-state index contributed by atoms with van der Waals surface area (Å²) >= 11 is 0. The van der Waals surface area contributed by atoms with Crippen LogP contribution in [0.5, 0.6) is 0 Å². The first-order valence-electron chi connectivity index (χ1n) is 6.11. The van der Waals surface area contributed by atoms with Gasteiger partial charge in [0, 0.05) is 18.3 Å². The Morgan fingerprint density at radius 3 is 2.65 bits per heavy atom. The van der Waals surface area contributed by atoms with Crippen LogP contribution in [-0.4, -0.2) is 37.5 Å². The van der Waals surface area contributed by atoms with Gasteiger partial charge in [0.1, 0.15) is 0 Å². The number of rotatable bonds is 3. The van der Waals surface area contributed by atoms with Gasteiger partial charge >= 0.3 is 0 Å². The molecule has 1 aliphatic rings. The second-order valence-electron chi connectivity index (χ2n) is 4.53. The fraction of sp³-hybridized carbons (Fsp3) is 0.417. The Morgan fingerprint density at radius 2 is 2.00 bits per heavy atom. The van der Waals surface area contributed by atoms with E-state index >= 15 is 0 Å². The van der Waals surface area contributed by atoms with E-state index in [0.29, 0.717) is 19.4 Å². The van der Waals surface area contributed by atoms with Gasteiger partial charge in [0.15, 0.2) is 11.6 Å². The summed E-state index contributed by atoms with van der Waals surface area (Å²) in [5, 5.41) is 2.34. The first kappa shape index (κ1) is 14.9. The summed E-state index contributed by atoms with van der Waals surface area (Å²) in [6.45, 7) is -0.0190. The largest absolute Gasteiger partial charge is 0.325 e. The number of hydrogen-bond acceptors (Lipinski definition) is 3. The van der Waals surface area contributed by atoms with Gasteiger partial charge in [0.25, 0.3) is 0 Å². The lowest BCUT2D eigenvalue weighted by atomic mass is 10.3. The number of benzene rings is 1. The standard InChI is InChI=1S/C12H14F2N2O3S/c13-10-4-3-9(7-11(10)14)15-12(17)8-16-5-1-2-6-20(16,18)19/h3-4,7H,1-2,5-6,8H2,(H,15,17). The maximum absolute atomic E-state index is 13.0. The number of anilines is 1. The molecule has 1 fully saturated rings. The lowest BCUT2D eigenvalue weighted by Gasteiger charge is -2.25. The van der Waals surface area contributed by atoms with E-state index in [4.69, 9.17) is 0 Å². The Labute approximate surface area is 115 Å². The Balaban J connectivity index is 2.00. The van der Waals surface area contributed by atoms with Crippen LogP contribution >= 0.6 is 0 Å². The third kappa shape index (κ3) is 3.51. The quantitative estimate of drug-likeness (QED) is 0.916. The fourth-order valence-corrected chi connectivity index (χ4v) is 3.50. The minimum Gasteiger partial charge on any atom is -0.325 e. The van der Waals surface area contributed by atoms with Crippen LogP contribution < -0.4 is 5.32 Å². The van der Waals surface area contributed by atoms with E-state index in [1.165, 1.54) is 6.07 Å². The predicted octanol–water partition coefficient (Wildman–Crippen LogP) is 1.33. The summed E-state index contributed by atoms with van der Waals surface area (Å²) in [5.74, 6) is -2.64. The van der Waals surface area contributed by atoms with Crippen molar-refractivity contribution in [1.29, 1.82) is 0 Å². The van der Waals surface area contributed by atoms with E-state index < -0.39 is 27.6 Å². The van der Waals surface area contributed by atoms with Crippen molar-refractivity contribution in [3.63, 3.8) is 0 Å². The summed E-state index contributed by atoms with van der Waals surface area (Å²) in [6.07, 6.45) is 1.29. The monoisotopic (exact) mass is 304 g/mol. The highest BCUT2D eigenvalue weighted by atomic mass is 32.2. The molecule has 20 heavy (non-hydrogen) atoms. The summed E-state index contributed by atoms with van der Waals surface area (Å²) < 4.78 is 50.2. The normalized spacial score (nSPS) is 18.7. The number of sulfonamides is 1. The van der Waals surface area contributed by atoms with Gasteiger partial charge < -0.3 is 5.32 Å². The van der Waals surface area contributed by atoms with Crippen LogP contribution in [0, 0.1) is 11.6 Å². The number of halogens is 2. The van der Waals surface area contributed by atoms with Crippen molar-refractivity contribution in [1.82, 2.24) is 4.31 Å². The number of carbonyl (C=O) groups is 1. The molecule has 0 bridgehead atoms. The molecule has 1 saturated heterocycles. The van der Waals surface area contributed by atoms with Crippen molar-refractivity contribution in [2.45, 2.75) is 12.8 Å². The van der Waals surface area contributed by atoms with Gasteiger partial charge in [-0.2, -0.15) is 4.31 Å². The molecule has 8 heteroatoms. The molecule has 2 rings (SSSR count). The minimum absolute atomic E-state index is 0.0332. The third-order valence-electron chi connectivity index (χ3n) is 2.98. The van der Waals surface area contributed by atoms with Gasteiger partial charge in [-0.15, -0.1) is 0 Å². The van der Waals surface area contributed by atoms with E-state index in [0.717, 1.165) is 16.4 Å². The van der Waals surface area contributed by atoms with Crippen LogP contribution in [0.4, 0.5) is 14.5 Å². The van der Waals surface area contributed by atoms with E-state index in [2.05, 4.69) is 5.32 Å². The molecule has 0 atom stereocenters. The second kappa shape index (κ2) is 5.84. The zero-order valence-corrected chi connectivity index (χ0v) is 11.4. The van der Waals surface area contributed by atoms with Crippen LogP contribution in [0.3, 0.4) is 0 Å². The van der Waals surface area contributed by atoms with Crippen molar-refractivity contribution in [3.05, 3.63) is 29.8 Å². The second-order valence-corrected chi connectivity index (χ2v) is 6.62. The zero-order valence-electron chi connectivity index (χ0n) is 10.6. The Bertz CT molecular complexity index is 619. The SMILES string of the molecule is O=C(CN1CCCCS1(=O)=O)Nc1ccc(F)c(F)c1. The summed E-state index contributed by atoms with van der Waals surface area (Å²) in [4.78, 5) is 11.7. The molecule has 0 spiro atoms. The van der Waals surface area contributed by atoms with Crippen molar-refractivity contribution in [3.8, 4) is 0 Å². The summed E-state index contributed by atoms with van der Waals surface area (Å²) in [7, 11) is -3.39. The van der Waals surface area contributed by atoms with Gasteiger partial charge in [-0.3, -0.25) is 4.79 Å². The van der Waals surface area contributed by atoms with Gasteiger partial charge in [0.2, 0.25) is 15.9 Å². The molecule has 110 valence electrons. The highest BCUT2D eigenvalue weighted by molar-refractivity contribution is 7.89. The molecule has 1 aromatic carbocycles.